The van der Waals surface area contributed by atoms with E-state index in [4.69, 9.17) is 4.74 Å². The number of nitrogens with zero attached hydrogens (tertiary/aromatic N) is 1. The molecule has 2 aromatic rings. The average molecular weight is 383 g/mol. The van der Waals surface area contributed by atoms with E-state index in [1.165, 1.54) is 6.92 Å². The standard InChI is InChI=1S/C22H29N3O3/c1-16(2)12-13-28-21-7-5-6-19(14-21)24-22(27)15-23-18-8-10-20(11-9-18)25(4)17(3)26/h5-11,14,16,23H,12-13,15H2,1-4H3,(H,24,27). The second-order valence-electron chi connectivity index (χ2n) is 7.09. The monoisotopic (exact) mass is 383 g/mol. The van der Waals surface area contributed by atoms with Gasteiger partial charge in [-0.25, -0.2) is 0 Å². The van der Waals surface area contributed by atoms with Gasteiger partial charge in [-0.05, 0) is 48.7 Å². The van der Waals surface area contributed by atoms with E-state index in [0.29, 0.717) is 18.2 Å². The Bertz CT molecular complexity index is 788. The summed E-state index contributed by atoms with van der Waals surface area (Å²) in [5.41, 5.74) is 2.31. The van der Waals surface area contributed by atoms with Crippen molar-refractivity contribution in [3.63, 3.8) is 0 Å². The van der Waals surface area contributed by atoms with Crippen LogP contribution in [0, 0.1) is 5.92 Å². The zero-order valence-electron chi connectivity index (χ0n) is 17.0. The van der Waals surface area contributed by atoms with Crippen molar-refractivity contribution in [1.29, 1.82) is 0 Å². The van der Waals surface area contributed by atoms with Crippen molar-refractivity contribution < 1.29 is 14.3 Å². The van der Waals surface area contributed by atoms with Gasteiger partial charge < -0.3 is 20.3 Å². The van der Waals surface area contributed by atoms with Crippen molar-refractivity contribution in [2.75, 3.05) is 35.7 Å². The maximum Gasteiger partial charge on any atom is 0.243 e. The number of amides is 2. The molecule has 0 aliphatic heterocycles. The van der Waals surface area contributed by atoms with Crippen molar-refractivity contribution in [1.82, 2.24) is 0 Å². The topological polar surface area (TPSA) is 70.7 Å². The number of benzene rings is 2. The minimum atomic E-state index is -0.149. The number of anilines is 3. The lowest BCUT2D eigenvalue weighted by Crippen LogP contribution is -2.23. The molecule has 0 aromatic heterocycles. The molecule has 0 atom stereocenters. The van der Waals surface area contributed by atoms with Crippen LogP contribution in [0.4, 0.5) is 17.1 Å². The SMILES string of the molecule is CC(=O)N(C)c1ccc(NCC(=O)Nc2cccc(OCCC(C)C)c2)cc1. The molecule has 6 nitrogen and oxygen atoms in total. The molecule has 0 radical (unpaired) electrons. The van der Waals surface area contributed by atoms with E-state index in [1.54, 1.807) is 11.9 Å². The summed E-state index contributed by atoms with van der Waals surface area (Å²) in [7, 11) is 1.72. The zero-order chi connectivity index (χ0) is 20.5. The number of carbonyl (C=O) groups is 2. The van der Waals surface area contributed by atoms with Gasteiger partial charge in [-0.15, -0.1) is 0 Å². The molecule has 6 heteroatoms. The average Bonchev–Trinajstić information content (AvgIpc) is 2.66. The summed E-state index contributed by atoms with van der Waals surface area (Å²) in [6, 6.07) is 14.7. The molecule has 0 aliphatic rings. The predicted octanol–water partition coefficient (Wildman–Crippen LogP) is 4.14. The Morgan fingerprint density at radius 3 is 2.43 bits per heavy atom. The van der Waals surface area contributed by atoms with Crippen LogP contribution >= 0.6 is 0 Å². The minimum Gasteiger partial charge on any atom is -0.494 e. The second-order valence-corrected chi connectivity index (χ2v) is 7.09. The van der Waals surface area contributed by atoms with Gasteiger partial charge in [0.2, 0.25) is 11.8 Å². The third kappa shape index (κ3) is 6.95. The van der Waals surface area contributed by atoms with Gasteiger partial charge in [-0.2, -0.15) is 0 Å². The molecule has 2 amide bonds. The van der Waals surface area contributed by atoms with Crippen molar-refractivity contribution in [3.05, 3.63) is 48.5 Å². The van der Waals surface area contributed by atoms with Gasteiger partial charge in [-0.1, -0.05) is 19.9 Å². The number of carbonyl (C=O) groups excluding carboxylic acids is 2. The molecule has 28 heavy (non-hydrogen) atoms. The van der Waals surface area contributed by atoms with Crippen molar-refractivity contribution in [3.8, 4) is 5.75 Å². The summed E-state index contributed by atoms with van der Waals surface area (Å²) in [5.74, 6) is 1.15. The number of hydrogen-bond donors (Lipinski definition) is 2. The molecule has 150 valence electrons. The number of nitrogens with one attached hydrogen (secondary N) is 2. The summed E-state index contributed by atoms with van der Waals surface area (Å²) in [6.45, 7) is 6.62. The van der Waals surface area contributed by atoms with Crippen LogP contribution in [0.1, 0.15) is 27.2 Å². The van der Waals surface area contributed by atoms with E-state index >= 15 is 0 Å². The summed E-state index contributed by atoms with van der Waals surface area (Å²) in [5, 5.41) is 5.94. The molecule has 2 N–H and O–H groups in total. The van der Waals surface area contributed by atoms with Gasteiger partial charge in [0.25, 0.3) is 0 Å². The normalized spacial score (nSPS) is 10.5. The van der Waals surface area contributed by atoms with E-state index in [2.05, 4.69) is 24.5 Å². The molecular weight excluding hydrogens is 354 g/mol. The van der Waals surface area contributed by atoms with Crippen molar-refractivity contribution >= 4 is 28.9 Å². The van der Waals surface area contributed by atoms with Gasteiger partial charge in [0.15, 0.2) is 0 Å². The molecule has 0 aliphatic carbocycles. The fourth-order valence-electron chi connectivity index (χ4n) is 2.45. The molecule has 0 fully saturated rings. The van der Waals surface area contributed by atoms with E-state index in [0.717, 1.165) is 23.5 Å². The van der Waals surface area contributed by atoms with Gasteiger partial charge in [0.1, 0.15) is 5.75 Å². The molecule has 0 heterocycles. The maximum atomic E-state index is 12.2. The maximum absolute atomic E-state index is 12.2. The van der Waals surface area contributed by atoms with Crippen LogP contribution in [-0.2, 0) is 9.59 Å². The third-order valence-electron chi connectivity index (χ3n) is 4.26. The lowest BCUT2D eigenvalue weighted by atomic mass is 10.1. The van der Waals surface area contributed by atoms with Crippen molar-refractivity contribution in [2.24, 2.45) is 5.92 Å². The largest absolute Gasteiger partial charge is 0.494 e. The summed E-state index contributed by atoms with van der Waals surface area (Å²) >= 11 is 0. The van der Waals surface area contributed by atoms with Crippen LogP contribution in [-0.4, -0.2) is 32.0 Å². The zero-order valence-corrected chi connectivity index (χ0v) is 17.0. The van der Waals surface area contributed by atoms with Gasteiger partial charge >= 0.3 is 0 Å². The molecule has 2 rings (SSSR count). The lowest BCUT2D eigenvalue weighted by Gasteiger charge is -2.15. The molecule has 0 spiro atoms. The Morgan fingerprint density at radius 1 is 1.07 bits per heavy atom. The van der Waals surface area contributed by atoms with Gasteiger partial charge in [0.05, 0.1) is 13.2 Å². The molecule has 0 unspecified atom stereocenters. The Hall–Kier alpha value is -3.02. The van der Waals surface area contributed by atoms with Crippen molar-refractivity contribution in [2.45, 2.75) is 27.2 Å². The highest BCUT2D eigenvalue weighted by atomic mass is 16.5. The van der Waals surface area contributed by atoms with E-state index in [9.17, 15) is 9.59 Å². The fourth-order valence-corrected chi connectivity index (χ4v) is 2.45. The van der Waals surface area contributed by atoms with E-state index in [1.807, 2.05) is 48.5 Å². The second kappa shape index (κ2) is 10.3. The molecule has 0 bridgehead atoms. The Balaban J connectivity index is 1.83. The first kappa shape index (κ1) is 21.3. The number of ether oxygens (including phenoxy) is 1. The molecule has 2 aromatic carbocycles. The summed E-state index contributed by atoms with van der Waals surface area (Å²) in [4.78, 5) is 25.1. The fraction of sp³-hybridized carbons (Fsp3) is 0.364. The predicted molar refractivity (Wildman–Crippen MR) is 114 cm³/mol. The van der Waals surface area contributed by atoms with Crippen LogP contribution in [0.25, 0.3) is 0 Å². The Kier molecular flexibility index (Phi) is 7.87. The van der Waals surface area contributed by atoms with E-state index in [-0.39, 0.29) is 18.4 Å². The number of hydrogen-bond acceptors (Lipinski definition) is 4. The summed E-state index contributed by atoms with van der Waals surface area (Å²) in [6.07, 6.45) is 0.988. The number of rotatable bonds is 9. The summed E-state index contributed by atoms with van der Waals surface area (Å²) < 4.78 is 5.72. The van der Waals surface area contributed by atoms with Gasteiger partial charge in [-0.3, -0.25) is 9.59 Å². The molecule has 0 saturated carbocycles. The molecular formula is C22H29N3O3. The Labute approximate surface area is 166 Å². The highest BCUT2D eigenvalue weighted by Crippen LogP contribution is 2.19. The van der Waals surface area contributed by atoms with Crippen LogP contribution in [0.15, 0.2) is 48.5 Å². The first-order chi connectivity index (χ1) is 13.3. The van der Waals surface area contributed by atoms with Crippen LogP contribution < -0.4 is 20.3 Å². The quantitative estimate of drug-likeness (QED) is 0.683. The molecule has 0 saturated heterocycles. The lowest BCUT2D eigenvalue weighted by molar-refractivity contribution is -0.116. The third-order valence-corrected chi connectivity index (χ3v) is 4.26. The smallest absolute Gasteiger partial charge is 0.243 e. The highest BCUT2D eigenvalue weighted by molar-refractivity contribution is 5.94. The van der Waals surface area contributed by atoms with E-state index < -0.39 is 0 Å². The minimum absolute atomic E-state index is 0.0319. The Morgan fingerprint density at radius 2 is 1.79 bits per heavy atom. The first-order valence-corrected chi connectivity index (χ1v) is 9.46. The van der Waals surface area contributed by atoms with Crippen LogP contribution in [0.5, 0.6) is 5.75 Å². The highest BCUT2D eigenvalue weighted by Gasteiger charge is 2.07. The van der Waals surface area contributed by atoms with Crippen LogP contribution in [0.3, 0.4) is 0 Å². The van der Waals surface area contributed by atoms with Gasteiger partial charge in [0, 0.05) is 37.1 Å². The van der Waals surface area contributed by atoms with Crippen LogP contribution in [0.2, 0.25) is 0 Å². The first-order valence-electron chi connectivity index (χ1n) is 9.46.